The minimum Gasteiger partial charge on any atom is -0.444 e. The Hall–Kier alpha value is -1.04. The summed E-state index contributed by atoms with van der Waals surface area (Å²) in [6.45, 7) is 6.15. The number of carbonyl (C=O) groups excluding carboxylic acids is 1. The van der Waals surface area contributed by atoms with Gasteiger partial charge in [-0.25, -0.2) is 4.79 Å². The van der Waals surface area contributed by atoms with Crippen LogP contribution in [-0.2, 0) is 4.74 Å². The largest absolute Gasteiger partial charge is 0.444 e. The number of amides is 1. The Morgan fingerprint density at radius 1 is 1.18 bits per heavy atom. The van der Waals surface area contributed by atoms with Crippen molar-refractivity contribution in [2.24, 2.45) is 11.8 Å². The van der Waals surface area contributed by atoms with Gasteiger partial charge in [0.1, 0.15) is 11.7 Å². The lowest BCUT2D eigenvalue weighted by atomic mass is 9.78. The number of carbonyl (C=O) groups is 1. The van der Waals surface area contributed by atoms with E-state index in [4.69, 9.17) is 27.9 Å². The first kappa shape index (κ1) is 21.7. The van der Waals surface area contributed by atoms with Crippen LogP contribution in [0.5, 0.6) is 0 Å². The fourth-order valence-electron chi connectivity index (χ4n) is 4.57. The number of likely N-dealkylation sites (tertiary alicyclic amines) is 1. The van der Waals surface area contributed by atoms with Crippen molar-refractivity contribution in [3.63, 3.8) is 0 Å². The number of nitrogens with zero attached hydrogens (tertiary/aromatic N) is 2. The Balaban J connectivity index is 1.86. The van der Waals surface area contributed by atoms with Crippen molar-refractivity contribution in [3.05, 3.63) is 28.0 Å². The van der Waals surface area contributed by atoms with Gasteiger partial charge in [0, 0.05) is 24.5 Å². The molecule has 0 unspecified atom stereocenters. The average Bonchev–Trinajstić information content (AvgIpc) is 3.06. The summed E-state index contributed by atoms with van der Waals surface area (Å²) in [5.74, 6) is 0.936. The zero-order chi connectivity index (χ0) is 20.5. The van der Waals surface area contributed by atoms with E-state index in [1.54, 1.807) is 4.90 Å². The lowest BCUT2D eigenvalue weighted by molar-refractivity contribution is 0.00463. The number of hydrogen-bond acceptors (Lipinski definition) is 4. The molecule has 3 rings (SSSR count). The number of aromatic nitrogens is 1. The van der Waals surface area contributed by atoms with E-state index >= 15 is 0 Å². The van der Waals surface area contributed by atoms with E-state index in [0.717, 1.165) is 6.42 Å². The van der Waals surface area contributed by atoms with E-state index in [1.165, 1.54) is 44.5 Å². The van der Waals surface area contributed by atoms with Crippen LogP contribution in [0.4, 0.5) is 4.79 Å². The van der Waals surface area contributed by atoms with Gasteiger partial charge in [0.2, 0.25) is 0 Å². The molecule has 1 aliphatic heterocycles. The summed E-state index contributed by atoms with van der Waals surface area (Å²) in [6.07, 6.45) is 8.42. The SMILES string of the molecule is CC(C)(C)OC(=O)N1C[C@H](C2CCCCC2)C[C@H]1[C@@H](O)c1c(Cl)cncc1Cl. The molecule has 1 saturated carbocycles. The van der Waals surface area contributed by atoms with Gasteiger partial charge in [0.05, 0.1) is 16.1 Å². The molecule has 1 aliphatic carbocycles. The zero-order valence-corrected chi connectivity index (χ0v) is 18.3. The molecule has 0 radical (unpaired) electrons. The topological polar surface area (TPSA) is 62.7 Å². The average molecular weight is 429 g/mol. The Kier molecular flexibility index (Phi) is 6.78. The second kappa shape index (κ2) is 8.76. The third-order valence-corrected chi connectivity index (χ3v) is 6.47. The number of halogens is 2. The van der Waals surface area contributed by atoms with Crippen molar-refractivity contribution in [3.8, 4) is 0 Å². The molecule has 1 N–H and O–H groups in total. The van der Waals surface area contributed by atoms with Crippen LogP contribution in [0.1, 0.15) is 71.0 Å². The monoisotopic (exact) mass is 428 g/mol. The van der Waals surface area contributed by atoms with Crippen LogP contribution in [0.25, 0.3) is 0 Å². The van der Waals surface area contributed by atoms with Crippen LogP contribution in [0.15, 0.2) is 12.4 Å². The maximum absolute atomic E-state index is 12.9. The van der Waals surface area contributed by atoms with Crippen molar-refractivity contribution in [2.45, 2.75) is 77.0 Å². The number of pyridine rings is 1. The molecule has 156 valence electrons. The van der Waals surface area contributed by atoms with Gasteiger partial charge < -0.3 is 14.7 Å². The number of rotatable bonds is 3. The smallest absolute Gasteiger partial charge is 0.410 e. The maximum atomic E-state index is 12.9. The molecule has 7 heteroatoms. The number of ether oxygens (including phenoxy) is 1. The van der Waals surface area contributed by atoms with Crippen molar-refractivity contribution >= 4 is 29.3 Å². The molecule has 2 fully saturated rings. The molecule has 1 aromatic heterocycles. The van der Waals surface area contributed by atoms with Gasteiger partial charge in [-0.3, -0.25) is 4.98 Å². The van der Waals surface area contributed by atoms with Crippen LogP contribution in [0.2, 0.25) is 10.0 Å². The van der Waals surface area contributed by atoms with Crippen LogP contribution in [0.3, 0.4) is 0 Å². The van der Waals surface area contributed by atoms with E-state index in [2.05, 4.69) is 4.98 Å². The molecular weight excluding hydrogens is 399 g/mol. The first-order valence-electron chi connectivity index (χ1n) is 10.1. The third-order valence-electron chi connectivity index (χ3n) is 5.87. The van der Waals surface area contributed by atoms with Gasteiger partial charge in [-0.1, -0.05) is 55.3 Å². The van der Waals surface area contributed by atoms with Crippen molar-refractivity contribution in [2.75, 3.05) is 6.54 Å². The second-order valence-electron chi connectivity index (χ2n) is 9.06. The Morgan fingerprint density at radius 3 is 2.36 bits per heavy atom. The molecule has 1 amide bonds. The Labute approximate surface area is 177 Å². The minimum atomic E-state index is -0.982. The molecular formula is C21H30Cl2N2O3. The first-order chi connectivity index (χ1) is 13.2. The number of hydrogen-bond donors (Lipinski definition) is 1. The van der Waals surface area contributed by atoms with Crippen molar-refractivity contribution in [1.29, 1.82) is 0 Å². The van der Waals surface area contributed by atoms with Gasteiger partial charge in [0.25, 0.3) is 0 Å². The third kappa shape index (κ3) is 4.92. The summed E-state index contributed by atoms with van der Waals surface area (Å²) in [4.78, 5) is 18.6. The van der Waals surface area contributed by atoms with Gasteiger partial charge in [-0.15, -0.1) is 0 Å². The summed E-state index contributed by atoms with van der Waals surface area (Å²) >= 11 is 12.6. The number of aliphatic hydroxyl groups excluding tert-OH is 1. The Morgan fingerprint density at radius 2 is 1.79 bits per heavy atom. The van der Waals surface area contributed by atoms with Gasteiger partial charge in [-0.05, 0) is 39.0 Å². The zero-order valence-electron chi connectivity index (χ0n) is 16.8. The number of aliphatic hydroxyl groups is 1. The summed E-state index contributed by atoms with van der Waals surface area (Å²) in [5.41, 5.74) is -0.164. The van der Waals surface area contributed by atoms with Crippen LogP contribution < -0.4 is 0 Å². The summed E-state index contributed by atoms with van der Waals surface area (Å²) in [5, 5.41) is 11.8. The van der Waals surface area contributed by atoms with Crippen LogP contribution in [0, 0.1) is 11.8 Å². The van der Waals surface area contributed by atoms with Crippen molar-refractivity contribution < 1.29 is 14.6 Å². The molecule has 1 aromatic rings. The summed E-state index contributed by atoms with van der Waals surface area (Å²) in [7, 11) is 0. The predicted molar refractivity (Wildman–Crippen MR) is 111 cm³/mol. The fourth-order valence-corrected chi connectivity index (χ4v) is 5.16. The van der Waals surface area contributed by atoms with E-state index in [9.17, 15) is 9.90 Å². The molecule has 3 atom stereocenters. The Bertz CT molecular complexity index is 681. The van der Waals surface area contributed by atoms with Crippen LogP contribution >= 0.6 is 23.2 Å². The molecule has 0 bridgehead atoms. The minimum absolute atomic E-state index is 0.310. The predicted octanol–water partition coefficient (Wildman–Crippen LogP) is 5.63. The second-order valence-corrected chi connectivity index (χ2v) is 9.87. The van der Waals surface area contributed by atoms with E-state index in [-0.39, 0.29) is 0 Å². The van der Waals surface area contributed by atoms with E-state index in [0.29, 0.717) is 34.0 Å². The highest BCUT2D eigenvalue weighted by molar-refractivity contribution is 6.35. The van der Waals surface area contributed by atoms with Crippen LogP contribution in [-0.4, -0.2) is 39.3 Å². The molecule has 0 spiro atoms. The molecule has 1 saturated heterocycles. The molecule has 2 aliphatic rings. The van der Waals surface area contributed by atoms with Crippen molar-refractivity contribution in [1.82, 2.24) is 9.88 Å². The molecule has 0 aromatic carbocycles. The van der Waals surface area contributed by atoms with Gasteiger partial charge in [-0.2, -0.15) is 0 Å². The normalized spacial score (nSPS) is 25.0. The molecule has 28 heavy (non-hydrogen) atoms. The highest BCUT2D eigenvalue weighted by Gasteiger charge is 2.44. The maximum Gasteiger partial charge on any atom is 0.410 e. The highest BCUT2D eigenvalue weighted by atomic mass is 35.5. The molecule has 2 heterocycles. The summed E-state index contributed by atoms with van der Waals surface area (Å²) < 4.78 is 5.63. The standard InChI is InChI=1S/C21H30Cl2N2O3/c1-21(2,3)28-20(27)25-12-14(13-7-5-4-6-8-13)9-17(25)19(26)18-15(22)10-24-11-16(18)23/h10-11,13-14,17,19,26H,4-9,12H2,1-3H3/t14-,17+,19-/m1/s1. The van der Waals surface area contributed by atoms with Gasteiger partial charge >= 0.3 is 6.09 Å². The highest BCUT2D eigenvalue weighted by Crippen LogP contribution is 2.43. The van der Waals surface area contributed by atoms with E-state index in [1.807, 2.05) is 20.8 Å². The molecule has 5 nitrogen and oxygen atoms in total. The first-order valence-corrected chi connectivity index (χ1v) is 10.9. The quantitative estimate of drug-likeness (QED) is 0.677. The van der Waals surface area contributed by atoms with Gasteiger partial charge in [0.15, 0.2) is 0 Å². The summed E-state index contributed by atoms with van der Waals surface area (Å²) in [6, 6.07) is -0.417. The lowest BCUT2D eigenvalue weighted by Crippen LogP contribution is -2.42. The lowest BCUT2D eigenvalue weighted by Gasteiger charge is -2.31. The fraction of sp³-hybridized carbons (Fsp3) is 0.714. The van der Waals surface area contributed by atoms with E-state index < -0.39 is 23.8 Å².